The highest BCUT2D eigenvalue weighted by atomic mass is 16.5. The van der Waals surface area contributed by atoms with E-state index in [0.717, 1.165) is 0 Å². The van der Waals surface area contributed by atoms with Gasteiger partial charge in [-0.25, -0.2) is 9.59 Å². The van der Waals surface area contributed by atoms with E-state index in [1.165, 1.54) is 6.08 Å². The molecule has 6 heteroatoms. The predicted octanol–water partition coefficient (Wildman–Crippen LogP) is 0.00680. The van der Waals surface area contributed by atoms with Crippen LogP contribution in [0.25, 0.3) is 0 Å². The number of amides is 1. The minimum Gasteiger partial charge on any atom is -0.478 e. The van der Waals surface area contributed by atoms with Crippen LogP contribution in [-0.4, -0.2) is 36.6 Å². The van der Waals surface area contributed by atoms with Crippen molar-refractivity contribution in [3.63, 3.8) is 0 Å². The number of hydrogen-bond donors (Lipinski definition) is 2. The number of carboxylic acids is 1. The van der Waals surface area contributed by atoms with Gasteiger partial charge >= 0.3 is 11.9 Å². The monoisotopic (exact) mass is 239 g/mol. The van der Waals surface area contributed by atoms with Gasteiger partial charge < -0.3 is 15.2 Å². The highest BCUT2D eigenvalue weighted by Crippen LogP contribution is 2.20. The minimum absolute atomic E-state index is 0.0235. The van der Waals surface area contributed by atoms with E-state index in [0.29, 0.717) is 19.3 Å². The summed E-state index contributed by atoms with van der Waals surface area (Å²) < 4.78 is 4.85. The van der Waals surface area contributed by atoms with Gasteiger partial charge in [-0.3, -0.25) is 4.79 Å². The molecule has 0 radical (unpaired) electrons. The molecule has 1 amide bonds. The number of aliphatic carboxylic acids is 1. The maximum atomic E-state index is 11.6. The Hall–Kier alpha value is -2.11. The Morgan fingerprint density at radius 3 is 2.94 bits per heavy atom. The summed E-state index contributed by atoms with van der Waals surface area (Å²) in [6.07, 6.45) is 4.59. The van der Waals surface area contributed by atoms with Crippen LogP contribution in [0, 0.1) is 0 Å². The summed E-state index contributed by atoms with van der Waals surface area (Å²) in [5, 5.41) is 11.2. The second kappa shape index (κ2) is 6.47. The smallest absolute Gasteiger partial charge is 0.336 e. The largest absolute Gasteiger partial charge is 0.478 e. The number of esters is 1. The summed E-state index contributed by atoms with van der Waals surface area (Å²) in [5.74, 6) is -1.78. The molecule has 92 valence electrons. The van der Waals surface area contributed by atoms with Crippen molar-refractivity contribution >= 4 is 18.3 Å². The topological polar surface area (TPSA) is 92.7 Å². The Kier molecular flexibility index (Phi) is 4.93. The Morgan fingerprint density at radius 2 is 2.29 bits per heavy atom. The number of carboxylic acid groups (broad SMARTS) is 1. The molecule has 0 heterocycles. The molecule has 0 aliphatic heterocycles. The SMILES string of the molecule is O=CNCCOC(=O)C1=C(C(=O)O)C=CCC1. The van der Waals surface area contributed by atoms with Gasteiger partial charge in [0.05, 0.1) is 17.7 Å². The molecule has 1 aliphatic rings. The van der Waals surface area contributed by atoms with Crippen LogP contribution in [0.4, 0.5) is 0 Å². The Labute approximate surface area is 97.9 Å². The van der Waals surface area contributed by atoms with Crippen LogP contribution in [0.5, 0.6) is 0 Å². The quantitative estimate of drug-likeness (QED) is 0.387. The van der Waals surface area contributed by atoms with E-state index < -0.39 is 11.9 Å². The predicted molar refractivity (Wildman–Crippen MR) is 58.1 cm³/mol. The van der Waals surface area contributed by atoms with Crippen LogP contribution in [0.2, 0.25) is 0 Å². The van der Waals surface area contributed by atoms with Crippen molar-refractivity contribution in [2.45, 2.75) is 12.8 Å². The summed E-state index contributed by atoms with van der Waals surface area (Å²) in [4.78, 5) is 32.4. The molecule has 0 bridgehead atoms. The van der Waals surface area contributed by atoms with Crippen molar-refractivity contribution in [3.8, 4) is 0 Å². The van der Waals surface area contributed by atoms with Crippen molar-refractivity contribution in [2.24, 2.45) is 0 Å². The zero-order valence-electron chi connectivity index (χ0n) is 9.14. The lowest BCUT2D eigenvalue weighted by Gasteiger charge is -2.12. The fourth-order valence-electron chi connectivity index (χ4n) is 1.43. The van der Waals surface area contributed by atoms with Crippen LogP contribution in [0.1, 0.15) is 12.8 Å². The van der Waals surface area contributed by atoms with E-state index in [1.807, 2.05) is 0 Å². The summed E-state index contributed by atoms with van der Waals surface area (Å²) in [6.45, 7) is 0.235. The third-order valence-electron chi connectivity index (χ3n) is 2.21. The summed E-state index contributed by atoms with van der Waals surface area (Å²) in [7, 11) is 0. The van der Waals surface area contributed by atoms with Gasteiger partial charge in [-0.1, -0.05) is 12.2 Å². The molecule has 0 aromatic heterocycles. The first-order valence-electron chi connectivity index (χ1n) is 5.14. The zero-order chi connectivity index (χ0) is 12.7. The number of hydrogen-bond acceptors (Lipinski definition) is 4. The third-order valence-corrected chi connectivity index (χ3v) is 2.21. The Morgan fingerprint density at radius 1 is 1.53 bits per heavy atom. The maximum absolute atomic E-state index is 11.6. The van der Waals surface area contributed by atoms with E-state index in [2.05, 4.69) is 5.32 Å². The second-order valence-corrected chi connectivity index (χ2v) is 3.35. The number of rotatable bonds is 6. The zero-order valence-corrected chi connectivity index (χ0v) is 9.14. The summed E-state index contributed by atoms with van der Waals surface area (Å²) in [5.41, 5.74) is 0.149. The van der Waals surface area contributed by atoms with E-state index in [9.17, 15) is 14.4 Å². The van der Waals surface area contributed by atoms with E-state index >= 15 is 0 Å². The van der Waals surface area contributed by atoms with Crippen LogP contribution >= 0.6 is 0 Å². The molecule has 0 atom stereocenters. The second-order valence-electron chi connectivity index (χ2n) is 3.35. The average Bonchev–Trinajstić information content (AvgIpc) is 2.34. The molecular weight excluding hydrogens is 226 g/mol. The van der Waals surface area contributed by atoms with Crippen LogP contribution in [0.15, 0.2) is 23.3 Å². The number of ether oxygens (including phenoxy) is 1. The molecule has 1 rings (SSSR count). The first kappa shape index (κ1) is 13.0. The average molecular weight is 239 g/mol. The van der Waals surface area contributed by atoms with Crippen LogP contribution in [0.3, 0.4) is 0 Å². The van der Waals surface area contributed by atoms with Crippen molar-refractivity contribution in [3.05, 3.63) is 23.3 Å². The molecule has 0 unspecified atom stereocenters. The van der Waals surface area contributed by atoms with Gasteiger partial charge in [-0.2, -0.15) is 0 Å². The highest BCUT2D eigenvalue weighted by Gasteiger charge is 2.21. The molecule has 6 nitrogen and oxygen atoms in total. The minimum atomic E-state index is -1.14. The molecule has 0 saturated carbocycles. The van der Waals surface area contributed by atoms with Crippen molar-refractivity contribution in [1.82, 2.24) is 5.32 Å². The van der Waals surface area contributed by atoms with Crippen molar-refractivity contribution < 1.29 is 24.2 Å². The summed E-state index contributed by atoms with van der Waals surface area (Å²) in [6, 6.07) is 0. The van der Waals surface area contributed by atoms with Gasteiger partial charge in [0.1, 0.15) is 6.61 Å². The molecule has 0 aromatic rings. The Bertz CT molecular complexity index is 383. The van der Waals surface area contributed by atoms with Gasteiger partial charge in [0, 0.05) is 0 Å². The van der Waals surface area contributed by atoms with E-state index in [-0.39, 0.29) is 24.3 Å². The van der Waals surface area contributed by atoms with Gasteiger partial charge in [0.25, 0.3) is 0 Å². The molecule has 0 saturated heterocycles. The van der Waals surface area contributed by atoms with Gasteiger partial charge in [0.2, 0.25) is 6.41 Å². The van der Waals surface area contributed by atoms with Gasteiger partial charge in [0.15, 0.2) is 0 Å². The molecule has 1 aliphatic carbocycles. The lowest BCUT2D eigenvalue weighted by Crippen LogP contribution is -2.22. The third kappa shape index (κ3) is 3.75. The van der Waals surface area contributed by atoms with Gasteiger partial charge in [-0.15, -0.1) is 0 Å². The lowest BCUT2D eigenvalue weighted by molar-refractivity contribution is -0.140. The molecule has 2 N–H and O–H groups in total. The van der Waals surface area contributed by atoms with E-state index in [4.69, 9.17) is 9.84 Å². The highest BCUT2D eigenvalue weighted by molar-refractivity contribution is 6.02. The molecule has 0 spiro atoms. The lowest BCUT2D eigenvalue weighted by atomic mass is 9.98. The van der Waals surface area contributed by atoms with Crippen molar-refractivity contribution in [1.29, 1.82) is 0 Å². The fraction of sp³-hybridized carbons (Fsp3) is 0.364. The molecule has 0 aromatic carbocycles. The first-order valence-corrected chi connectivity index (χ1v) is 5.14. The van der Waals surface area contributed by atoms with Crippen LogP contribution < -0.4 is 5.32 Å². The number of carbonyl (C=O) groups is 3. The number of allylic oxidation sites excluding steroid dienone is 1. The number of nitrogens with one attached hydrogen (secondary N) is 1. The summed E-state index contributed by atoms with van der Waals surface area (Å²) >= 11 is 0. The molecular formula is C11H13NO5. The normalized spacial score (nSPS) is 14.4. The van der Waals surface area contributed by atoms with Gasteiger partial charge in [-0.05, 0) is 12.8 Å². The molecule has 17 heavy (non-hydrogen) atoms. The van der Waals surface area contributed by atoms with E-state index in [1.54, 1.807) is 6.08 Å². The molecule has 0 fully saturated rings. The van der Waals surface area contributed by atoms with Crippen molar-refractivity contribution in [2.75, 3.05) is 13.2 Å². The fourth-order valence-corrected chi connectivity index (χ4v) is 1.43. The Balaban J connectivity index is 2.62. The number of carbonyl (C=O) groups excluding carboxylic acids is 2. The maximum Gasteiger partial charge on any atom is 0.336 e. The van der Waals surface area contributed by atoms with Crippen LogP contribution in [-0.2, 0) is 19.1 Å². The first-order chi connectivity index (χ1) is 8.16. The standard InChI is InChI=1S/C11H13NO5/c13-7-12-5-6-17-11(16)9-4-2-1-3-8(9)10(14)15/h1,3,7H,2,4-6H2,(H,12,13)(H,14,15).